The summed E-state index contributed by atoms with van der Waals surface area (Å²) in [6.45, 7) is 0. The van der Waals surface area contributed by atoms with Crippen molar-refractivity contribution >= 4 is 29.6 Å². The predicted octanol–water partition coefficient (Wildman–Crippen LogP) is 4.73. The molecular formula is C34H26FN3O4. The lowest BCUT2D eigenvalue weighted by atomic mass is 9.47. The number of rotatable bonds is 6. The molecule has 7 nitrogen and oxygen atoms in total. The number of nitrogens with one attached hydrogen (secondary N) is 1. The van der Waals surface area contributed by atoms with Gasteiger partial charge in [-0.15, -0.1) is 0 Å². The number of hydrazone groups is 1. The van der Waals surface area contributed by atoms with Crippen molar-refractivity contribution in [1.82, 2.24) is 5.43 Å². The number of benzene rings is 4. The van der Waals surface area contributed by atoms with E-state index >= 15 is 0 Å². The summed E-state index contributed by atoms with van der Waals surface area (Å²) in [5, 5.41) is 4.44. The average molecular weight is 560 g/mol. The first kappa shape index (κ1) is 25.8. The van der Waals surface area contributed by atoms with Gasteiger partial charge in [-0.25, -0.2) is 14.7 Å². The Morgan fingerprint density at radius 2 is 1.52 bits per heavy atom. The van der Waals surface area contributed by atoms with Gasteiger partial charge in [-0.3, -0.25) is 14.4 Å². The van der Waals surface area contributed by atoms with Crippen LogP contribution in [-0.4, -0.2) is 31.0 Å². The molecule has 1 aliphatic heterocycles. The topological polar surface area (TPSA) is 88.1 Å². The molecule has 0 aromatic heterocycles. The number of carbonyl (C=O) groups is 3. The molecule has 0 saturated carbocycles. The summed E-state index contributed by atoms with van der Waals surface area (Å²) < 4.78 is 18.9. The Labute approximate surface area is 241 Å². The van der Waals surface area contributed by atoms with Crippen LogP contribution in [0.25, 0.3) is 0 Å². The smallest absolute Gasteiger partial charge is 0.244 e. The largest absolute Gasteiger partial charge is 0.497 e. The normalized spacial score (nSPS) is 23.5. The Balaban J connectivity index is 1.32. The van der Waals surface area contributed by atoms with E-state index in [-0.39, 0.29) is 30.1 Å². The summed E-state index contributed by atoms with van der Waals surface area (Å²) in [5.41, 5.74) is 6.33. The second kappa shape index (κ2) is 9.76. The van der Waals surface area contributed by atoms with Crippen LogP contribution >= 0.6 is 0 Å². The monoisotopic (exact) mass is 559 g/mol. The minimum Gasteiger partial charge on any atom is -0.497 e. The molecule has 1 fully saturated rings. The second-order valence-corrected chi connectivity index (χ2v) is 10.8. The van der Waals surface area contributed by atoms with Gasteiger partial charge in [0.25, 0.3) is 0 Å². The molecule has 1 heterocycles. The molecule has 4 aromatic carbocycles. The minimum atomic E-state index is -1.11. The first-order valence-electron chi connectivity index (χ1n) is 13.7. The van der Waals surface area contributed by atoms with Crippen LogP contribution < -0.4 is 15.1 Å². The minimum absolute atomic E-state index is 0.103. The van der Waals surface area contributed by atoms with Crippen LogP contribution in [0.4, 0.5) is 10.1 Å². The lowest BCUT2D eigenvalue weighted by molar-refractivity contribution is -0.123. The highest BCUT2D eigenvalue weighted by molar-refractivity contribution is 6.25. The summed E-state index contributed by atoms with van der Waals surface area (Å²) >= 11 is 0. The van der Waals surface area contributed by atoms with Crippen molar-refractivity contribution < 1.29 is 23.5 Å². The van der Waals surface area contributed by atoms with Gasteiger partial charge in [0, 0.05) is 12.1 Å². The molecule has 4 aliphatic rings. The molecule has 208 valence electrons. The van der Waals surface area contributed by atoms with Gasteiger partial charge in [-0.05, 0) is 64.2 Å². The van der Waals surface area contributed by atoms with Gasteiger partial charge in [0.2, 0.25) is 17.7 Å². The number of ether oxygens (including phenoxy) is 1. The zero-order chi connectivity index (χ0) is 29.0. The number of hydrogen-bond acceptors (Lipinski definition) is 5. The molecule has 3 aliphatic carbocycles. The van der Waals surface area contributed by atoms with Gasteiger partial charge in [0.1, 0.15) is 11.6 Å². The van der Waals surface area contributed by atoms with Gasteiger partial charge in [0.05, 0.1) is 36.5 Å². The molecule has 4 aromatic rings. The second-order valence-electron chi connectivity index (χ2n) is 10.8. The fourth-order valence-electron chi connectivity index (χ4n) is 7.07. The van der Waals surface area contributed by atoms with E-state index in [1.807, 2.05) is 60.7 Å². The maximum Gasteiger partial charge on any atom is 0.244 e. The van der Waals surface area contributed by atoms with Gasteiger partial charge >= 0.3 is 0 Å². The number of methoxy groups -OCH3 is 1. The molecule has 42 heavy (non-hydrogen) atoms. The van der Waals surface area contributed by atoms with Crippen LogP contribution in [0, 0.1) is 17.7 Å². The number of amides is 3. The SMILES string of the molecule is COc1ccc(CC(=O)N/N=C\C23c4ccccc4C(c4ccccc42)[C@H]2C(=O)N(c4ccc(F)cc4)C(=O)[C@@H]23)cc1. The van der Waals surface area contributed by atoms with E-state index in [0.717, 1.165) is 27.8 Å². The first-order valence-corrected chi connectivity index (χ1v) is 13.7. The van der Waals surface area contributed by atoms with Gasteiger partial charge < -0.3 is 4.74 Å². The van der Waals surface area contributed by atoms with Gasteiger partial charge in [-0.2, -0.15) is 5.10 Å². The highest BCUT2D eigenvalue weighted by atomic mass is 19.1. The van der Waals surface area contributed by atoms with E-state index < -0.39 is 23.1 Å². The van der Waals surface area contributed by atoms with Crippen LogP contribution in [0.3, 0.4) is 0 Å². The molecule has 0 radical (unpaired) electrons. The summed E-state index contributed by atoms with van der Waals surface area (Å²) in [7, 11) is 1.58. The molecule has 8 heteroatoms. The van der Waals surface area contributed by atoms with Crippen LogP contribution in [0.15, 0.2) is 102 Å². The highest BCUT2D eigenvalue weighted by Gasteiger charge is 2.68. The fraction of sp³-hybridized carbons (Fsp3) is 0.176. The van der Waals surface area contributed by atoms with E-state index in [4.69, 9.17) is 4.74 Å². The van der Waals surface area contributed by atoms with Crippen molar-refractivity contribution in [2.45, 2.75) is 17.8 Å². The van der Waals surface area contributed by atoms with Crippen molar-refractivity contribution in [3.05, 3.63) is 131 Å². The van der Waals surface area contributed by atoms with E-state index in [0.29, 0.717) is 11.4 Å². The summed E-state index contributed by atoms with van der Waals surface area (Å²) in [5.74, 6) is -2.60. The lowest BCUT2D eigenvalue weighted by Crippen LogP contribution is -2.54. The van der Waals surface area contributed by atoms with Crippen molar-refractivity contribution in [2.75, 3.05) is 12.0 Å². The fourth-order valence-corrected chi connectivity index (χ4v) is 7.07. The molecule has 0 unspecified atom stereocenters. The Kier molecular flexibility index (Phi) is 6.01. The maximum absolute atomic E-state index is 14.3. The maximum atomic E-state index is 14.3. The predicted molar refractivity (Wildman–Crippen MR) is 155 cm³/mol. The van der Waals surface area contributed by atoms with Crippen molar-refractivity contribution in [3.63, 3.8) is 0 Å². The zero-order valence-corrected chi connectivity index (χ0v) is 22.7. The number of anilines is 1. The molecule has 2 atom stereocenters. The standard InChI is InChI=1S/C34H26FN3O4/c1-42-23-16-10-20(11-17-23)18-28(39)37-36-19-34-26-8-4-2-6-24(26)29(25-7-3-5-9-27(25)34)30-31(34)33(41)38(32(30)40)22-14-12-21(35)13-15-22/h2-17,19,29-31H,18H2,1H3,(H,37,39)/b36-19-/t29?,30-,31-,34?/m1/s1. The Morgan fingerprint density at radius 1 is 0.905 bits per heavy atom. The van der Waals surface area contributed by atoms with E-state index in [2.05, 4.69) is 10.5 Å². The summed E-state index contributed by atoms with van der Waals surface area (Å²) in [6, 6.07) is 28.2. The molecule has 2 bridgehead atoms. The third-order valence-corrected chi connectivity index (χ3v) is 8.75. The van der Waals surface area contributed by atoms with Crippen LogP contribution in [0.1, 0.15) is 33.7 Å². The van der Waals surface area contributed by atoms with Crippen LogP contribution in [-0.2, 0) is 26.2 Å². The lowest BCUT2D eigenvalue weighted by Gasteiger charge is -2.52. The van der Waals surface area contributed by atoms with Crippen molar-refractivity contribution in [2.24, 2.45) is 16.9 Å². The molecule has 1 saturated heterocycles. The summed E-state index contributed by atoms with van der Waals surface area (Å²) in [6.07, 6.45) is 1.73. The van der Waals surface area contributed by atoms with Crippen molar-refractivity contribution in [3.8, 4) is 5.75 Å². The van der Waals surface area contributed by atoms with Crippen LogP contribution in [0.2, 0.25) is 0 Å². The third-order valence-electron chi connectivity index (χ3n) is 8.75. The number of hydrogen-bond donors (Lipinski definition) is 1. The molecule has 0 spiro atoms. The zero-order valence-electron chi connectivity index (χ0n) is 22.7. The summed E-state index contributed by atoms with van der Waals surface area (Å²) in [4.78, 5) is 42.5. The van der Waals surface area contributed by atoms with E-state index in [1.165, 1.54) is 29.2 Å². The Bertz CT molecular complexity index is 1720. The third kappa shape index (κ3) is 3.71. The van der Waals surface area contributed by atoms with Crippen molar-refractivity contribution in [1.29, 1.82) is 0 Å². The number of carbonyl (C=O) groups excluding carboxylic acids is 3. The van der Waals surface area contributed by atoms with E-state index in [1.54, 1.807) is 25.5 Å². The highest BCUT2D eigenvalue weighted by Crippen LogP contribution is 2.63. The number of nitrogens with zero attached hydrogens (tertiary/aromatic N) is 2. The molecule has 1 N–H and O–H groups in total. The van der Waals surface area contributed by atoms with E-state index in [9.17, 15) is 18.8 Å². The molecule has 3 amide bonds. The molecule has 8 rings (SSSR count). The number of halogens is 1. The van der Waals surface area contributed by atoms with Gasteiger partial charge in [0.15, 0.2) is 0 Å². The van der Waals surface area contributed by atoms with Gasteiger partial charge in [-0.1, -0.05) is 60.7 Å². The first-order chi connectivity index (χ1) is 20.4. The quantitative estimate of drug-likeness (QED) is 0.210. The Hall–Kier alpha value is -5.11. The Morgan fingerprint density at radius 3 is 2.14 bits per heavy atom. The van der Waals surface area contributed by atoms with Crippen LogP contribution in [0.5, 0.6) is 5.75 Å². The number of imide groups is 1. The average Bonchev–Trinajstić information content (AvgIpc) is 3.28. The molecular weight excluding hydrogens is 533 g/mol.